The van der Waals surface area contributed by atoms with Gasteiger partial charge in [0, 0.05) is 0 Å². The highest BCUT2D eigenvalue weighted by molar-refractivity contribution is 9.10. The first kappa shape index (κ1) is 10.5. The third kappa shape index (κ3) is 1.18. The summed E-state index contributed by atoms with van der Waals surface area (Å²) in [5.41, 5.74) is 0.964. The molecule has 1 aliphatic heterocycles. The first-order valence-electron chi connectivity index (χ1n) is 4.43. The Morgan fingerprint density at radius 3 is 1.69 bits per heavy atom. The minimum absolute atomic E-state index is 0.482. The van der Waals surface area contributed by atoms with Crippen molar-refractivity contribution in [1.82, 2.24) is 19.6 Å². The quantitative estimate of drug-likeness (QED) is 0.743. The Labute approximate surface area is 107 Å². The molecule has 2 aromatic rings. The molecule has 0 fully saturated rings. The molecular weight excluding hydrogens is 344 g/mol. The Kier molecular flexibility index (Phi) is 2.22. The molecule has 0 aliphatic carbocycles. The van der Waals surface area contributed by atoms with Crippen LogP contribution in [-0.2, 0) is 0 Å². The van der Waals surface area contributed by atoms with Gasteiger partial charge in [-0.15, -0.1) is 0 Å². The first-order chi connectivity index (χ1) is 7.61. The SMILES string of the molecule is O[C@@H]1c2c(Br)cnn2[C@H](O)c2c(Br)cnn21. The van der Waals surface area contributed by atoms with Gasteiger partial charge in [-0.3, -0.25) is 0 Å². The van der Waals surface area contributed by atoms with E-state index in [9.17, 15) is 10.2 Å². The number of hydrogen-bond donors (Lipinski definition) is 2. The molecular formula is C8H6Br2N4O2. The summed E-state index contributed by atoms with van der Waals surface area (Å²) in [6.45, 7) is 0. The van der Waals surface area contributed by atoms with Gasteiger partial charge in [0.25, 0.3) is 0 Å². The predicted octanol–water partition coefficient (Wildman–Crippen LogP) is 0.996. The summed E-state index contributed by atoms with van der Waals surface area (Å²) in [6, 6.07) is 0. The molecule has 0 bridgehead atoms. The van der Waals surface area contributed by atoms with E-state index in [1.165, 1.54) is 21.8 Å². The van der Waals surface area contributed by atoms with E-state index < -0.39 is 12.5 Å². The van der Waals surface area contributed by atoms with E-state index in [2.05, 4.69) is 42.1 Å². The van der Waals surface area contributed by atoms with Crippen molar-refractivity contribution >= 4 is 31.9 Å². The van der Waals surface area contributed by atoms with Crippen molar-refractivity contribution < 1.29 is 10.2 Å². The van der Waals surface area contributed by atoms with E-state index in [1.807, 2.05) is 0 Å². The molecule has 0 spiro atoms. The number of aliphatic hydroxyl groups is 2. The summed E-state index contributed by atoms with van der Waals surface area (Å²) in [4.78, 5) is 0. The zero-order valence-corrected chi connectivity index (χ0v) is 10.9. The summed E-state index contributed by atoms with van der Waals surface area (Å²) >= 11 is 6.54. The lowest BCUT2D eigenvalue weighted by Crippen LogP contribution is -2.30. The number of fused-ring (bicyclic) bond motifs is 2. The van der Waals surface area contributed by atoms with Gasteiger partial charge >= 0.3 is 0 Å². The molecule has 0 amide bonds. The van der Waals surface area contributed by atoms with Crippen molar-refractivity contribution in [1.29, 1.82) is 0 Å². The van der Waals surface area contributed by atoms with E-state index >= 15 is 0 Å². The Hall–Kier alpha value is -0.700. The number of aliphatic hydroxyl groups excluding tert-OH is 2. The molecule has 0 saturated heterocycles. The lowest BCUT2D eigenvalue weighted by Gasteiger charge is -2.26. The number of nitrogens with zero attached hydrogens (tertiary/aromatic N) is 4. The smallest absolute Gasteiger partial charge is 0.191 e. The fraction of sp³-hybridized carbons (Fsp3) is 0.250. The molecule has 2 aromatic heterocycles. The molecule has 3 rings (SSSR count). The van der Waals surface area contributed by atoms with Crippen LogP contribution in [0.1, 0.15) is 23.8 Å². The summed E-state index contributed by atoms with van der Waals surface area (Å²) in [7, 11) is 0. The van der Waals surface area contributed by atoms with Crippen LogP contribution in [0.25, 0.3) is 0 Å². The molecule has 8 heteroatoms. The standard InChI is InChI=1S/C8H6Br2N4O2/c9-3-1-11-13-5(3)7(15)14-6(8(13)16)4(10)2-12-14/h1-2,7-8,15-16H/t7-,8-/m1/s1. The average molecular weight is 350 g/mol. The van der Waals surface area contributed by atoms with E-state index in [4.69, 9.17) is 0 Å². The molecule has 0 radical (unpaired) electrons. The maximum atomic E-state index is 10.1. The molecule has 0 unspecified atom stereocenters. The maximum absolute atomic E-state index is 10.1. The Morgan fingerprint density at radius 1 is 0.938 bits per heavy atom. The third-order valence-electron chi connectivity index (χ3n) is 2.53. The van der Waals surface area contributed by atoms with Crippen LogP contribution in [0.3, 0.4) is 0 Å². The van der Waals surface area contributed by atoms with Crippen molar-refractivity contribution in [2.24, 2.45) is 0 Å². The number of aromatic nitrogens is 4. The van der Waals surface area contributed by atoms with Gasteiger partial charge in [-0.05, 0) is 31.9 Å². The molecule has 0 aromatic carbocycles. The molecule has 0 saturated carbocycles. The fourth-order valence-corrected chi connectivity index (χ4v) is 2.76. The topological polar surface area (TPSA) is 76.1 Å². The Bertz CT molecular complexity index is 514. The minimum Gasteiger partial charge on any atom is -0.367 e. The van der Waals surface area contributed by atoms with E-state index in [1.54, 1.807) is 0 Å². The predicted molar refractivity (Wildman–Crippen MR) is 60.6 cm³/mol. The van der Waals surface area contributed by atoms with Crippen LogP contribution in [0.2, 0.25) is 0 Å². The van der Waals surface area contributed by atoms with Gasteiger partial charge in [0.15, 0.2) is 12.5 Å². The van der Waals surface area contributed by atoms with Gasteiger partial charge < -0.3 is 10.2 Å². The van der Waals surface area contributed by atoms with Gasteiger partial charge in [-0.2, -0.15) is 10.2 Å². The van der Waals surface area contributed by atoms with Crippen molar-refractivity contribution in [2.75, 3.05) is 0 Å². The van der Waals surface area contributed by atoms with E-state index in [-0.39, 0.29) is 0 Å². The second kappa shape index (κ2) is 3.39. The van der Waals surface area contributed by atoms with Crippen LogP contribution in [0.15, 0.2) is 21.3 Å². The zero-order valence-electron chi connectivity index (χ0n) is 7.75. The summed E-state index contributed by atoms with van der Waals surface area (Å²) < 4.78 is 3.99. The molecule has 16 heavy (non-hydrogen) atoms. The highest BCUT2D eigenvalue weighted by atomic mass is 79.9. The van der Waals surface area contributed by atoms with Crippen LogP contribution in [-0.4, -0.2) is 29.8 Å². The third-order valence-corrected chi connectivity index (χ3v) is 3.75. The van der Waals surface area contributed by atoms with Crippen LogP contribution < -0.4 is 0 Å². The number of halogens is 2. The molecule has 6 nitrogen and oxygen atoms in total. The summed E-state index contributed by atoms with van der Waals surface area (Å²) in [5.74, 6) is 0. The van der Waals surface area contributed by atoms with Crippen molar-refractivity contribution in [2.45, 2.75) is 12.5 Å². The van der Waals surface area contributed by atoms with Crippen LogP contribution >= 0.6 is 31.9 Å². The molecule has 2 N–H and O–H groups in total. The van der Waals surface area contributed by atoms with Gasteiger partial charge in [0.1, 0.15) is 11.4 Å². The first-order valence-corrected chi connectivity index (χ1v) is 6.02. The van der Waals surface area contributed by atoms with E-state index in [0.29, 0.717) is 20.3 Å². The summed E-state index contributed by atoms with van der Waals surface area (Å²) in [5, 5.41) is 28.2. The largest absolute Gasteiger partial charge is 0.367 e. The molecule has 3 heterocycles. The molecule has 84 valence electrons. The zero-order chi connectivity index (χ0) is 11.4. The van der Waals surface area contributed by atoms with Gasteiger partial charge in [0.2, 0.25) is 0 Å². The lowest BCUT2D eigenvalue weighted by atomic mass is 10.2. The van der Waals surface area contributed by atoms with Gasteiger partial charge in [-0.25, -0.2) is 9.36 Å². The second-order valence-corrected chi connectivity index (χ2v) is 5.10. The van der Waals surface area contributed by atoms with Crippen LogP contribution in [0.5, 0.6) is 0 Å². The number of hydrogen-bond acceptors (Lipinski definition) is 4. The van der Waals surface area contributed by atoms with Gasteiger partial charge in [0.05, 0.1) is 21.3 Å². The summed E-state index contributed by atoms with van der Waals surface area (Å²) in [6.07, 6.45) is 1.15. The molecule has 2 atom stereocenters. The second-order valence-electron chi connectivity index (χ2n) is 3.39. The highest BCUT2D eigenvalue weighted by Gasteiger charge is 2.34. The normalized spacial score (nSPS) is 23.0. The van der Waals surface area contributed by atoms with Crippen molar-refractivity contribution in [3.63, 3.8) is 0 Å². The minimum atomic E-state index is -0.957. The maximum Gasteiger partial charge on any atom is 0.191 e. The van der Waals surface area contributed by atoms with Crippen LogP contribution in [0.4, 0.5) is 0 Å². The van der Waals surface area contributed by atoms with E-state index in [0.717, 1.165) is 0 Å². The highest BCUT2D eigenvalue weighted by Crippen LogP contribution is 2.37. The Morgan fingerprint density at radius 2 is 1.31 bits per heavy atom. The number of rotatable bonds is 0. The average Bonchev–Trinajstić information content (AvgIpc) is 2.80. The van der Waals surface area contributed by atoms with Crippen LogP contribution in [0, 0.1) is 0 Å². The van der Waals surface area contributed by atoms with Gasteiger partial charge in [-0.1, -0.05) is 0 Å². The molecule has 1 aliphatic rings. The lowest BCUT2D eigenvalue weighted by molar-refractivity contribution is 0.0416. The van der Waals surface area contributed by atoms with Crippen molar-refractivity contribution in [3.8, 4) is 0 Å². The van der Waals surface area contributed by atoms with Crippen molar-refractivity contribution in [3.05, 3.63) is 32.7 Å². The fourth-order valence-electron chi connectivity index (χ4n) is 1.81. The monoisotopic (exact) mass is 348 g/mol. The Balaban J connectivity index is 2.29.